The van der Waals surface area contributed by atoms with E-state index in [2.05, 4.69) is 10.6 Å². The molecule has 1 unspecified atom stereocenters. The Bertz CT molecular complexity index is 1130. The van der Waals surface area contributed by atoms with Crippen LogP contribution >= 0.6 is 0 Å². The van der Waals surface area contributed by atoms with Gasteiger partial charge in [0.15, 0.2) is 0 Å². The first-order chi connectivity index (χ1) is 15.0. The molecule has 4 rings (SSSR count). The molecule has 0 spiro atoms. The lowest BCUT2D eigenvalue weighted by Crippen LogP contribution is -2.45. The van der Waals surface area contributed by atoms with Crippen LogP contribution < -0.4 is 15.4 Å². The number of fused-ring (bicyclic) bond motifs is 1. The van der Waals surface area contributed by atoms with Gasteiger partial charge in [-0.3, -0.25) is 0 Å². The first-order valence-electron chi connectivity index (χ1n) is 10.2. The van der Waals surface area contributed by atoms with E-state index >= 15 is 0 Å². The Labute approximate surface area is 180 Å². The maximum Gasteiger partial charge on any atom is 0.338 e. The molecule has 1 atom stereocenters. The van der Waals surface area contributed by atoms with Gasteiger partial charge in [0.2, 0.25) is 0 Å². The summed E-state index contributed by atoms with van der Waals surface area (Å²) in [4.78, 5) is 25.0. The Hall–Kier alpha value is -3.74. The molecule has 0 saturated heterocycles. The van der Waals surface area contributed by atoms with Crippen LogP contribution in [-0.4, -0.2) is 18.6 Å². The fraction of sp³-hybridized carbons (Fsp3) is 0.250. The first kappa shape index (κ1) is 20.5. The van der Waals surface area contributed by atoms with Gasteiger partial charge in [0.1, 0.15) is 17.9 Å². The van der Waals surface area contributed by atoms with Crippen molar-refractivity contribution < 1.29 is 23.5 Å². The lowest BCUT2D eigenvalue weighted by molar-refractivity contribution is -0.140. The lowest BCUT2D eigenvalue weighted by atomic mass is 9.95. The molecule has 0 bridgehead atoms. The highest BCUT2D eigenvalue weighted by atomic mass is 16.5. The van der Waals surface area contributed by atoms with Gasteiger partial charge in [0.25, 0.3) is 0 Å². The molecule has 0 fully saturated rings. The molecule has 2 aromatic carbocycles. The Morgan fingerprint density at radius 3 is 2.71 bits per heavy atom. The summed E-state index contributed by atoms with van der Waals surface area (Å²) in [6.45, 7) is 4.47. The van der Waals surface area contributed by atoms with Crippen molar-refractivity contribution in [2.24, 2.45) is 0 Å². The largest absolute Gasteiger partial charge is 0.494 e. The fourth-order valence-electron chi connectivity index (χ4n) is 3.52. The highest BCUT2D eigenvalue weighted by molar-refractivity contribution is 5.95. The molecule has 7 nitrogen and oxygen atoms in total. The number of carbonyl (C=O) groups is 2. The van der Waals surface area contributed by atoms with Gasteiger partial charge in [-0.15, -0.1) is 0 Å². The van der Waals surface area contributed by atoms with E-state index in [0.717, 1.165) is 34.3 Å². The Morgan fingerprint density at radius 1 is 1.13 bits per heavy atom. The summed E-state index contributed by atoms with van der Waals surface area (Å²) in [5.74, 6) is 0.249. The third-order valence-electron chi connectivity index (χ3n) is 5.06. The average molecular weight is 420 g/mol. The van der Waals surface area contributed by atoms with Gasteiger partial charge in [0.05, 0.1) is 24.5 Å². The van der Waals surface area contributed by atoms with Gasteiger partial charge in [-0.1, -0.05) is 25.1 Å². The van der Waals surface area contributed by atoms with Gasteiger partial charge in [0, 0.05) is 11.1 Å². The molecule has 1 aliphatic rings. The molecule has 1 aromatic heterocycles. The second-order valence-electron chi connectivity index (χ2n) is 7.36. The van der Waals surface area contributed by atoms with Gasteiger partial charge in [-0.05, 0) is 54.8 Å². The van der Waals surface area contributed by atoms with Crippen LogP contribution in [0.15, 0.2) is 70.5 Å². The van der Waals surface area contributed by atoms with E-state index in [4.69, 9.17) is 13.9 Å². The van der Waals surface area contributed by atoms with E-state index in [1.165, 1.54) is 0 Å². The molecular weight excluding hydrogens is 396 g/mol. The van der Waals surface area contributed by atoms with E-state index in [-0.39, 0.29) is 12.6 Å². The molecule has 7 heteroatoms. The predicted octanol–water partition coefficient (Wildman–Crippen LogP) is 4.59. The third-order valence-corrected chi connectivity index (χ3v) is 5.06. The Morgan fingerprint density at radius 2 is 1.94 bits per heavy atom. The van der Waals surface area contributed by atoms with Crippen LogP contribution in [0.25, 0.3) is 11.0 Å². The Kier molecular flexibility index (Phi) is 5.93. The summed E-state index contributed by atoms with van der Waals surface area (Å²) in [6.07, 6.45) is 2.53. The molecule has 0 radical (unpaired) electrons. The van der Waals surface area contributed by atoms with Crippen molar-refractivity contribution in [3.63, 3.8) is 0 Å². The van der Waals surface area contributed by atoms with E-state index in [1.807, 2.05) is 55.5 Å². The average Bonchev–Trinajstić information content (AvgIpc) is 3.24. The van der Waals surface area contributed by atoms with Crippen LogP contribution in [-0.2, 0) is 16.1 Å². The van der Waals surface area contributed by atoms with Crippen LogP contribution in [0.4, 0.5) is 4.79 Å². The quantitative estimate of drug-likeness (QED) is 0.546. The zero-order valence-corrected chi connectivity index (χ0v) is 17.4. The molecule has 31 heavy (non-hydrogen) atoms. The van der Waals surface area contributed by atoms with Gasteiger partial charge < -0.3 is 24.5 Å². The molecule has 160 valence electrons. The van der Waals surface area contributed by atoms with E-state index < -0.39 is 12.0 Å². The number of benzene rings is 2. The SMILES string of the molecule is CCCOc1ccc(C2NC(=O)NC(C)=C2C(=O)OCc2ccc3occc3c2)cc1. The molecule has 3 aromatic rings. The zero-order chi connectivity index (χ0) is 21.8. The number of rotatable bonds is 7. The predicted molar refractivity (Wildman–Crippen MR) is 115 cm³/mol. The van der Waals surface area contributed by atoms with Crippen molar-refractivity contribution in [3.8, 4) is 5.75 Å². The molecule has 0 saturated carbocycles. The summed E-state index contributed by atoms with van der Waals surface area (Å²) >= 11 is 0. The monoisotopic (exact) mass is 420 g/mol. The van der Waals surface area contributed by atoms with Crippen molar-refractivity contribution in [3.05, 3.63) is 77.2 Å². The maximum absolute atomic E-state index is 13.0. The summed E-state index contributed by atoms with van der Waals surface area (Å²) in [5.41, 5.74) is 3.23. The maximum atomic E-state index is 13.0. The molecular formula is C24H24N2O5. The van der Waals surface area contributed by atoms with Crippen LogP contribution in [0.5, 0.6) is 5.75 Å². The molecule has 2 heterocycles. The van der Waals surface area contributed by atoms with Crippen molar-refractivity contribution >= 4 is 23.0 Å². The number of ether oxygens (including phenoxy) is 2. The molecule has 1 aliphatic heterocycles. The highest BCUT2D eigenvalue weighted by Crippen LogP contribution is 2.29. The summed E-state index contributed by atoms with van der Waals surface area (Å²) in [6, 6.07) is 13.8. The standard InChI is InChI=1S/C24H24N2O5/c1-3-11-29-19-7-5-17(6-8-19)22-21(15(2)25-24(28)26-22)23(27)31-14-16-4-9-20-18(13-16)10-12-30-20/h4-10,12-13,22H,3,11,14H2,1-2H3,(H2,25,26,28). The van der Waals surface area contributed by atoms with Crippen molar-refractivity contribution in [1.82, 2.24) is 10.6 Å². The van der Waals surface area contributed by atoms with E-state index in [1.54, 1.807) is 13.2 Å². The summed E-state index contributed by atoms with van der Waals surface area (Å²) in [7, 11) is 0. The number of hydrogen-bond acceptors (Lipinski definition) is 5. The molecule has 2 amide bonds. The van der Waals surface area contributed by atoms with Crippen molar-refractivity contribution in [2.75, 3.05) is 6.61 Å². The number of nitrogens with one attached hydrogen (secondary N) is 2. The minimum absolute atomic E-state index is 0.112. The number of esters is 1. The van der Waals surface area contributed by atoms with Crippen LogP contribution in [0.2, 0.25) is 0 Å². The summed E-state index contributed by atoms with van der Waals surface area (Å²) in [5, 5.41) is 6.42. The fourth-order valence-corrected chi connectivity index (χ4v) is 3.52. The minimum atomic E-state index is -0.613. The van der Waals surface area contributed by atoms with Gasteiger partial charge in [-0.2, -0.15) is 0 Å². The van der Waals surface area contributed by atoms with Crippen LogP contribution in [0.1, 0.15) is 37.4 Å². The lowest BCUT2D eigenvalue weighted by Gasteiger charge is -2.28. The van der Waals surface area contributed by atoms with E-state index in [0.29, 0.717) is 17.9 Å². The Balaban J connectivity index is 1.52. The number of urea groups is 1. The second kappa shape index (κ2) is 8.95. The number of carbonyl (C=O) groups excluding carboxylic acids is 2. The normalized spacial score (nSPS) is 16.1. The van der Waals surface area contributed by atoms with Gasteiger partial charge >= 0.3 is 12.0 Å². The number of furan rings is 1. The number of allylic oxidation sites excluding steroid dienone is 1. The third kappa shape index (κ3) is 4.55. The van der Waals surface area contributed by atoms with Crippen LogP contribution in [0.3, 0.4) is 0 Å². The smallest absolute Gasteiger partial charge is 0.338 e. The van der Waals surface area contributed by atoms with Crippen molar-refractivity contribution in [2.45, 2.75) is 32.9 Å². The van der Waals surface area contributed by atoms with Gasteiger partial charge in [-0.25, -0.2) is 9.59 Å². The van der Waals surface area contributed by atoms with Crippen LogP contribution in [0, 0.1) is 0 Å². The zero-order valence-electron chi connectivity index (χ0n) is 17.4. The summed E-state index contributed by atoms with van der Waals surface area (Å²) < 4.78 is 16.5. The second-order valence-corrected chi connectivity index (χ2v) is 7.36. The minimum Gasteiger partial charge on any atom is -0.494 e. The molecule has 0 aliphatic carbocycles. The van der Waals surface area contributed by atoms with E-state index in [9.17, 15) is 9.59 Å². The number of hydrogen-bond donors (Lipinski definition) is 2. The number of amides is 2. The topological polar surface area (TPSA) is 89.8 Å². The first-order valence-corrected chi connectivity index (χ1v) is 10.2. The van der Waals surface area contributed by atoms with Crippen molar-refractivity contribution in [1.29, 1.82) is 0 Å². The highest BCUT2D eigenvalue weighted by Gasteiger charge is 2.32. The molecule has 2 N–H and O–H groups in total.